The number of hydrogen-bond donors (Lipinski definition) is 0. The fourth-order valence-corrected chi connectivity index (χ4v) is 2.42. The molecule has 84 valence electrons. The van der Waals surface area contributed by atoms with Crippen molar-refractivity contribution >= 4 is 46.6 Å². The number of hydrogen-bond acceptors (Lipinski definition) is 3. The third-order valence-corrected chi connectivity index (χ3v) is 3.74. The molecule has 0 aliphatic heterocycles. The van der Waals surface area contributed by atoms with Gasteiger partial charge in [-0.05, 0) is 12.5 Å². The molecule has 1 rings (SSSR count). The molecule has 1 aromatic heterocycles. The molecule has 0 aromatic carbocycles. The van der Waals surface area contributed by atoms with Crippen LogP contribution in [0.1, 0.15) is 6.42 Å². The zero-order valence-corrected chi connectivity index (χ0v) is 11.2. The molecule has 0 bridgehead atoms. The Kier molecular flexibility index (Phi) is 6.09. The Labute approximate surface area is 108 Å². The smallest absolute Gasteiger partial charge is 0.149 e. The van der Waals surface area contributed by atoms with Crippen LogP contribution >= 0.6 is 46.6 Å². The minimum absolute atomic E-state index is 0.287. The first kappa shape index (κ1) is 13.4. The van der Waals surface area contributed by atoms with Crippen molar-refractivity contribution in [2.24, 2.45) is 0 Å². The summed E-state index contributed by atoms with van der Waals surface area (Å²) in [6, 6.07) is 1.61. The molecule has 0 aliphatic rings. The Morgan fingerprint density at radius 2 is 2.07 bits per heavy atom. The lowest BCUT2D eigenvalue weighted by molar-refractivity contribution is 0.200. The van der Waals surface area contributed by atoms with Gasteiger partial charge in [0.15, 0.2) is 0 Å². The van der Waals surface area contributed by atoms with Gasteiger partial charge in [0.05, 0.1) is 10.0 Å². The van der Waals surface area contributed by atoms with E-state index >= 15 is 0 Å². The van der Waals surface area contributed by atoms with Crippen LogP contribution in [0.2, 0.25) is 15.2 Å². The lowest BCUT2D eigenvalue weighted by atomic mass is 10.5. The Morgan fingerprint density at radius 1 is 1.33 bits per heavy atom. The minimum atomic E-state index is 0.287. The highest BCUT2D eigenvalue weighted by molar-refractivity contribution is 7.99. The first-order valence-corrected chi connectivity index (χ1v) is 6.40. The van der Waals surface area contributed by atoms with E-state index in [9.17, 15) is 0 Å². The van der Waals surface area contributed by atoms with Crippen molar-refractivity contribution in [2.45, 2.75) is 11.4 Å². The van der Waals surface area contributed by atoms with Crippen molar-refractivity contribution < 1.29 is 4.74 Å². The molecule has 2 nitrogen and oxygen atoms in total. The molecule has 0 saturated carbocycles. The molecule has 0 unspecified atom stereocenters. The second-order valence-electron chi connectivity index (χ2n) is 2.74. The van der Waals surface area contributed by atoms with Crippen LogP contribution in [0.5, 0.6) is 0 Å². The average Bonchev–Trinajstić information content (AvgIpc) is 2.20. The van der Waals surface area contributed by atoms with Crippen molar-refractivity contribution in [3.8, 4) is 0 Å². The predicted molar refractivity (Wildman–Crippen MR) is 66.5 cm³/mol. The molecule has 0 amide bonds. The van der Waals surface area contributed by atoms with E-state index in [4.69, 9.17) is 39.5 Å². The van der Waals surface area contributed by atoms with Crippen molar-refractivity contribution in [3.63, 3.8) is 0 Å². The van der Waals surface area contributed by atoms with Crippen LogP contribution in [0.4, 0.5) is 0 Å². The zero-order valence-electron chi connectivity index (χ0n) is 8.10. The van der Waals surface area contributed by atoms with E-state index in [2.05, 4.69) is 4.98 Å². The maximum atomic E-state index is 5.96. The van der Waals surface area contributed by atoms with E-state index in [1.54, 1.807) is 24.9 Å². The van der Waals surface area contributed by atoms with Gasteiger partial charge in [0.1, 0.15) is 10.2 Å². The fraction of sp³-hybridized carbons (Fsp3) is 0.444. The number of halogens is 3. The van der Waals surface area contributed by atoms with Gasteiger partial charge in [-0.25, -0.2) is 4.98 Å². The summed E-state index contributed by atoms with van der Waals surface area (Å²) in [5.74, 6) is 0.887. The minimum Gasteiger partial charge on any atom is -0.385 e. The monoisotopic (exact) mass is 285 g/mol. The van der Waals surface area contributed by atoms with Crippen molar-refractivity contribution in [3.05, 3.63) is 21.3 Å². The third-order valence-electron chi connectivity index (χ3n) is 1.59. The topological polar surface area (TPSA) is 22.1 Å². The Morgan fingerprint density at radius 3 is 2.73 bits per heavy atom. The lowest BCUT2D eigenvalue weighted by Crippen LogP contribution is -1.92. The van der Waals surface area contributed by atoms with Gasteiger partial charge in [-0.3, -0.25) is 0 Å². The standard InChI is InChI=1S/C9H10Cl3NOS/c1-14-3-2-4-15-9-7(11)5-6(10)8(12)13-9/h5H,2-4H2,1H3. The molecule has 0 radical (unpaired) electrons. The van der Waals surface area contributed by atoms with E-state index in [1.165, 1.54) is 0 Å². The highest BCUT2D eigenvalue weighted by Gasteiger charge is 2.07. The van der Waals surface area contributed by atoms with E-state index in [0.717, 1.165) is 18.8 Å². The predicted octanol–water partition coefficient (Wildman–Crippen LogP) is 4.17. The largest absolute Gasteiger partial charge is 0.385 e. The zero-order chi connectivity index (χ0) is 11.3. The second kappa shape index (κ2) is 6.81. The van der Waals surface area contributed by atoms with E-state index < -0.39 is 0 Å². The van der Waals surface area contributed by atoms with Crippen LogP contribution in [0.3, 0.4) is 0 Å². The summed E-state index contributed by atoms with van der Waals surface area (Å²) in [4.78, 5) is 4.09. The molecule has 6 heteroatoms. The van der Waals surface area contributed by atoms with Crippen molar-refractivity contribution in [1.29, 1.82) is 0 Å². The number of methoxy groups -OCH3 is 1. The van der Waals surface area contributed by atoms with Gasteiger partial charge in [0.25, 0.3) is 0 Å². The highest BCUT2D eigenvalue weighted by atomic mass is 35.5. The summed E-state index contributed by atoms with van der Waals surface area (Å²) in [6.07, 6.45) is 0.944. The summed E-state index contributed by atoms with van der Waals surface area (Å²) < 4.78 is 4.94. The molecule has 0 N–H and O–H groups in total. The normalized spacial score (nSPS) is 10.7. The van der Waals surface area contributed by atoms with Gasteiger partial charge in [0, 0.05) is 19.5 Å². The number of ether oxygens (including phenoxy) is 1. The van der Waals surface area contributed by atoms with Crippen LogP contribution in [0.25, 0.3) is 0 Å². The van der Waals surface area contributed by atoms with E-state index in [1.807, 2.05) is 0 Å². The number of thioether (sulfide) groups is 1. The van der Waals surface area contributed by atoms with Crippen LogP contribution in [0.15, 0.2) is 11.1 Å². The van der Waals surface area contributed by atoms with Crippen LogP contribution in [-0.4, -0.2) is 24.5 Å². The summed E-state index contributed by atoms with van der Waals surface area (Å²) in [7, 11) is 1.68. The Bertz CT molecular complexity index is 335. The van der Waals surface area contributed by atoms with Crippen LogP contribution in [0, 0.1) is 0 Å². The molecule has 0 saturated heterocycles. The summed E-state index contributed by atoms with van der Waals surface area (Å²) in [5, 5.41) is 1.91. The van der Waals surface area contributed by atoms with Gasteiger partial charge in [-0.2, -0.15) is 0 Å². The maximum Gasteiger partial charge on any atom is 0.149 e. The summed E-state index contributed by atoms with van der Waals surface area (Å²) in [6.45, 7) is 0.728. The molecule has 0 fully saturated rings. The number of nitrogens with zero attached hydrogens (tertiary/aromatic N) is 1. The maximum absolute atomic E-state index is 5.96. The number of aromatic nitrogens is 1. The van der Waals surface area contributed by atoms with Gasteiger partial charge in [-0.15, -0.1) is 11.8 Å². The quantitative estimate of drug-likeness (QED) is 0.461. The molecular weight excluding hydrogens is 277 g/mol. The molecular formula is C9H10Cl3NOS. The molecule has 1 aromatic rings. The van der Waals surface area contributed by atoms with Gasteiger partial charge in [0.2, 0.25) is 0 Å². The first-order valence-electron chi connectivity index (χ1n) is 4.28. The van der Waals surface area contributed by atoms with Gasteiger partial charge >= 0.3 is 0 Å². The SMILES string of the molecule is COCCCSc1nc(Cl)c(Cl)cc1Cl. The van der Waals surface area contributed by atoms with Gasteiger partial charge in [-0.1, -0.05) is 34.8 Å². The number of rotatable bonds is 5. The molecule has 0 atom stereocenters. The third kappa shape index (κ3) is 4.37. The van der Waals surface area contributed by atoms with Crippen LogP contribution < -0.4 is 0 Å². The molecule has 1 heterocycles. The molecule has 0 aliphatic carbocycles. The first-order chi connectivity index (χ1) is 7.15. The number of pyridine rings is 1. The van der Waals surface area contributed by atoms with Crippen molar-refractivity contribution in [1.82, 2.24) is 4.98 Å². The highest BCUT2D eigenvalue weighted by Crippen LogP contribution is 2.31. The fourth-order valence-electron chi connectivity index (χ4n) is 0.902. The van der Waals surface area contributed by atoms with Gasteiger partial charge < -0.3 is 4.74 Å². The summed E-state index contributed by atoms with van der Waals surface area (Å²) >= 11 is 19.0. The molecule has 0 spiro atoms. The summed E-state index contributed by atoms with van der Waals surface area (Å²) in [5.41, 5.74) is 0. The Hall–Kier alpha value is 0.330. The van der Waals surface area contributed by atoms with Crippen molar-refractivity contribution in [2.75, 3.05) is 19.5 Å². The van der Waals surface area contributed by atoms with E-state index in [0.29, 0.717) is 15.1 Å². The second-order valence-corrected chi connectivity index (χ2v) is 5.00. The lowest BCUT2D eigenvalue weighted by Gasteiger charge is -2.04. The van der Waals surface area contributed by atoms with E-state index in [-0.39, 0.29) is 5.15 Å². The Balaban J connectivity index is 2.57. The van der Waals surface area contributed by atoms with Crippen LogP contribution in [-0.2, 0) is 4.74 Å². The average molecular weight is 287 g/mol. The molecule has 15 heavy (non-hydrogen) atoms.